The van der Waals surface area contributed by atoms with Gasteiger partial charge in [-0.2, -0.15) is 0 Å². The van der Waals surface area contributed by atoms with Crippen LogP contribution in [0.4, 0.5) is 4.79 Å². The highest BCUT2D eigenvalue weighted by Gasteiger charge is 2.09. The Bertz CT molecular complexity index is 567. The van der Waals surface area contributed by atoms with Crippen LogP contribution in [0.1, 0.15) is 0 Å². The van der Waals surface area contributed by atoms with E-state index in [2.05, 4.69) is 4.98 Å². The lowest BCUT2D eigenvalue weighted by molar-refractivity contribution is 0.147. The van der Waals surface area contributed by atoms with E-state index >= 15 is 0 Å². The number of amides is 1. The normalized spacial score (nSPS) is 10.6. The molecule has 2 aromatic rings. The molecule has 6 heteroatoms. The van der Waals surface area contributed by atoms with E-state index in [0.29, 0.717) is 17.3 Å². The summed E-state index contributed by atoms with van der Waals surface area (Å²) in [4.78, 5) is 14.8. The van der Waals surface area contributed by atoms with E-state index < -0.39 is 6.09 Å². The van der Waals surface area contributed by atoms with Gasteiger partial charge in [0.1, 0.15) is 12.4 Å². The van der Waals surface area contributed by atoms with Gasteiger partial charge in [0.25, 0.3) is 0 Å². The van der Waals surface area contributed by atoms with Crippen molar-refractivity contribution in [1.29, 1.82) is 0 Å². The van der Waals surface area contributed by atoms with Crippen molar-refractivity contribution in [1.82, 2.24) is 9.88 Å². The maximum absolute atomic E-state index is 10.6. The van der Waals surface area contributed by atoms with E-state index in [4.69, 9.17) is 21.4 Å². The molecule has 0 unspecified atom stereocenters. The SMILES string of the molecule is CN(CCOc1cccc2[nH]cc(Cl)c12)C(=O)O. The summed E-state index contributed by atoms with van der Waals surface area (Å²) in [5, 5.41) is 10.1. The Morgan fingerprint density at radius 3 is 3.06 bits per heavy atom. The number of hydrogen-bond acceptors (Lipinski definition) is 2. The molecular formula is C12H13ClN2O3. The van der Waals surface area contributed by atoms with Crippen LogP contribution in [0.3, 0.4) is 0 Å². The summed E-state index contributed by atoms with van der Waals surface area (Å²) >= 11 is 6.05. The summed E-state index contributed by atoms with van der Waals surface area (Å²) in [5.41, 5.74) is 0.893. The van der Waals surface area contributed by atoms with Crippen LogP contribution in [-0.4, -0.2) is 41.3 Å². The second kappa shape index (κ2) is 5.18. The molecule has 5 nitrogen and oxygen atoms in total. The van der Waals surface area contributed by atoms with Crippen molar-refractivity contribution in [3.63, 3.8) is 0 Å². The van der Waals surface area contributed by atoms with E-state index in [1.807, 2.05) is 18.2 Å². The van der Waals surface area contributed by atoms with E-state index in [0.717, 1.165) is 10.9 Å². The zero-order valence-electron chi connectivity index (χ0n) is 9.81. The Balaban J connectivity index is 2.08. The van der Waals surface area contributed by atoms with Crippen LogP contribution in [0.25, 0.3) is 10.9 Å². The first-order valence-corrected chi connectivity index (χ1v) is 5.80. The number of halogens is 1. The van der Waals surface area contributed by atoms with Crippen LogP contribution in [-0.2, 0) is 0 Å². The largest absolute Gasteiger partial charge is 0.491 e. The minimum atomic E-state index is -0.975. The lowest BCUT2D eigenvalue weighted by atomic mass is 10.2. The van der Waals surface area contributed by atoms with Crippen LogP contribution in [0.15, 0.2) is 24.4 Å². The Morgan fingerprint density at radius 2 is 2.33 bits per heavy atom. The van der Waals surface area contributed by atoms with Crippen LogP contribution >= 0.6 is 11.6 Å². The molecular weight excluding hydrogens is 256 g/mol. The van der Waals surface area contributed by atoms with Crippen molar-refractivity contribution >= 4 is 28.6 Å². The lowest BCUT2D eigenvalue weighted by Gasteiger charge is -2.14. The Hall–Kier alpha value is -1.88. The van der Waals surface area contributed by atoms with Crippen molar-refractivity contribution in [2.45, 2.75) is 0 Å². The second-order valence-corrected chi connectivity index (χ2v) is 4.28. The fourth-order valence-corrected chi connectivity index (χ4v) is 1.87. The van der Waals surface area contributed by atoms with E-state index in [1.54, 1.807) is 6.20 Å². The van der Waals surface area contributed by atoms with Gasteiger partial charge in [0.05, 0.1) is 22.5 Å². The number of fused-ring (bicyclic) bond motifs is 1. The zero-order chi connectivity index (χ0) is 13.1. The number of carboxylic acid groups (broad SMARTS) is 1. The van der Waals surface area contributed by atoms with Crippen molar-refractivity contribution in [3.05, 3.63) is 29.4 Å². The molecule has 2 rings (SSSR count). The molecule has 1 aromatic carbocycles. The number of H-pyrrole nitrogens is 1. The van der Waals surface area contributed by atoms with Crippen LogP contribution in [0, 0.1) is 0 Å². The summed E-state index contributed by atoms with van der Waals surface area (Å²) in [5.74, 6) is 0.650. The predicted octanol–water partition coefficient (Wildman–Crippen LogP) is 2.81. The maximum Gasteiger partial charge on any atom is 0.407 e. The molecule has 1 heterocycles. The molecule has 0 saturated carbocycles. The van der Waals surface area contributed by atoms with Crippen LogP contribution < -0.4 is 4.74 Å². The average Bonchev–Trinajstić information content (AvgIpc) is 2.72. The number of ether oxygens (including phenoxy) is 1. The molecule has 0 aliphatic heterocycles. The molecule has 0 saturated heterocycles. The molecule has 96 valence electrons. The summed E-state index contributed by atoms with van der Waals surface area (Å²) in [6.07, 6.45) is 0.721. The highest BCUT2D eigenvalue weighted by molar-refractivity contribution is 6.36. The molecule has 0 fully saturated rings. The molecule has 0 radical (unpaired) electrons. The number of nitrogens with zero attached hydrogens (tertiary/aromatic N) is 1. The predicted molar refractivity (Wildman–Crippen MR) is 69.5 cm³/mol. The molecule has 0 bridgehead atoms. The Kier molecular flexibility index (Phi) is 3.62. The van der Waals surface area contributed by atoms with Crippen molar-refractivity contribution in [2.24, 2.45) is 0 Å². The smallest absolute Gasteiger partial charge is 0.407 e. The molecule has 0 aliphatic rings. The Labute approximate surface area is 109 Å². The lowest BCUT2D eigenvalue weighted by Crippen LogP contribution is -2.29. The van der Waals surface area contributed by atoms with Gasteiger partial charge in [0.15, 0.2) is 0 Å². The minimum absolute atomic E-state index is 0.281. The van der Waals surface area contributed by atoms with Crippen LogP contribution in [0.2, 0.25) is 5.02 Å². The monoisotopic (exact) mass is 268 g/mol. The van der Waals surface area contributed by atoms with Gasteiger partial charge < -0.3 is 19.7 Å². The third-order valence-corrected chi connectivity index (χ3v) is 2.93. The number of likely N-dealkylation sites (N-methyl/N-ethyl adjacent to an activating group) is 1. The third-order valence-electron chi connectivity index (χ3n) is 2.63. The summed E-state index contributed by atoms with van der Waals surface area (Å²) in [7, 11) is 1.50. The number of aromatic amines is 1. The fraction of sp³-hybridized carbons (Fsp3) is 0.250. The van der Waals surface area contributed by atoms with Crippen molar-refractivity contribution in [2.75, 3.05) is 20.2 Å². The molecule has 0 spiro atoms. The van der Waals surface area contributed by atoms with Gasteiger partial charge >= 0.3 is 6.09 Å². The average molecular weight is 269 g/mol. The quantitative estimate of drug-likeness (QED) is 0.896. The summed E-state index contributed by atoms with van der Waals surface area (Å²) in [6, 6.07) is 5.56. The maximum atomic E-state index is 10.6. The van der Waals surface area contributed by atoms with Gasteiger partial charge in [-0.25, -0.2) is 4.79 Å². The molecule has 18 heavy (non-hydrogen) atoms. The van der Waals surface area contributed by atoms with Crippen LogP contribution in [0.5, 0.6) is 5.75 Å². The van der Waals surface area contributed by atoms with E-state index in [1.165, 1.54) is 11.9 Å². The first-order chi connectivity index (χ1) is 8.59. The summed E-state index contributed by atoms with van der Waals surface area (Å²) < 4.78 is 5.57. The number of carbonyl (C=O) groups is 1. The molecule has 0 atom stereocenters. The first kappa shape index (κ1) is 12.6. The number of benzene rings is 1. The molecule has 0 aliphatic carbocycles. The van der Waals surface area contributed by atoms with Crippen molar-refractivity contribution < 1.29 is 14.6 Å². The highest BCUT2D eigenvalue weighted by Crippen LogP contribution is 2.31. The topological polar surface area (TPSA) is 65.6 Å². The number of rotatable bonds is 4. The Morgan fingerprint density at radius 1 is 1.56 bits per heavy atom. The molecule has 2 N–H and O–H groups in total. The van der Waals surface area contributed by atoms with Gasteiger partial charge in [0.2, 0.25) is 0 Å². The summed E-state index contributed by atoms with van der Waals surface area (Å²) in [6.45, 7) is 0.581. The number of aromatic nitrogens is 1. The number of nitrogens with one attached hydrogen (secondary N) is 1. The van der Waals surface area contributed by atoms with Gasteiger partial charge in [-0.15, -0.1) is 0 Å². The zero-order valence-corrected chi connectivity index (χ0v) is 10.6. The minimum Gasteiger partial charge on any atom is -0.491 e. The second-order valence-electron chi connectivity index (χ2n) is 3.87. The van der Waals surface area contributed by atoms with Gasteiger partial charge in [0, 0.05) is 13.2 Å². The first-order valence-electron chi connectivity index (χ1n) is 5.42. The van der Waals surface area contributed by atoms with E-state index in [-0.39, 0.29) is 6.61 Å². The molecule has 1 aromatic heterocycles. The number of hydrogen-bond donors (Lipinski definition) is 2. The van der Waals surface area contributed by atoms with Gasteiger partial charge in [-0.1, -0.05) is 17.7 Å². The van der Waals surface area contributed by atoms with Gasteiger partial charge in [-0.05, 0) is 12.1 Å². The third kappa shape index (κ3) is 2.51. The van der Waals surface area contributed by atoms with Crippen molar-refractivity contribution in [3.8, 4) is 5.75 Å². The van der Waals surface area contributed by atoms with Gasteiger partial charge in [-0.3, -0.25) is 0 Å². The van der Waals surface area contributed by atoms with E-state index in [9.17, 15) is 4.79 Å². The standard InChI is InChI=1S/C12H13ClN2O3/c1-15(12(16)17)5-6-18-10-4-2-3-9-11(10)8(13)7-14-9/h2-4,7,14H,5-6H2,1H3,(H,16,17). The highest BCUT2D eigenvalue weighted by atomic mass is 35.5. The molecule has 1 amide bonds. The fourth-order valence-electron chi connectivity index (χ4n) is 1.62.